The summed E-state index contributed by atoms with van der Waals surface area (Å²) in [4.78, 5) is 23.8. The average molecular weight is 374 g/mol. The van der Waals surface area contributed by atoms with Crippen LogP contribution in [0.1, 0.15) is 39.5 Å². The zero-order valence-corrected chi connectivity index (χ0v) is 16.4. The number of rotatable bonds is 5. The first-order valence-electron chi connectivity index (χ1n) is 8.96. The zero-order chi connectivity index (χ0) is 20.4. The molecule has 0 aromatic heterocycles. The van der Waals surface area contributed by atoms with Crippen molar-refractivity contribution < 1.29 is 19.4 Å². The molecule has 3 aromatic rings. The highest BCUT2D eigenvalue weighted by atomic mass is 16.5. The maximum Gasteiger partial charge on any atom is 0.331 e. The van der Waals surface area contributed by atoms with E-state index in [0.29, 0.717) is 11.1 Å². The van der Waals surface area contributed by atoms with Crippen molar-refractivity contribution in [3.05, 3.63) is 81.9 Å². The number of hydrogen-bond acceptors (Lipinski definition) is 3. The topological polar surface area (TPSA) is 63.6 Å². The van der Waals surface area contributed by atoms with Gasteiger partial charge in [-0.3, -0.25) is 4.79 Å². The normalized spacial score (nSPS) is 11.5. The number of carbonyl (C=O) groups excluding carboxylic acids is 1. The highest BCUT2D eigenvalue weighted by Crippen LogP contribution is 2.31. The van der Waals surface area contributed by atoms with E-state index in [0.717, 1.165) is 33.2 Å². The Morgan fingerprint density at radius 2 is 1.57 bits per heavy atom. The number of methoxy groups -OCH3 is 1. The van der Waals surface area contributed by atoms with Crippen LogP contribution < -0.4 is 4.74 Å². The average Bonchev–Trinajstić information content (AvgIpc) is 2.70. The Balaban J connectivity index is 1.96. The Morgan fingerprint density at radius 1 is 0.929 bits per heavy atom. The van der Waals surface area contributed by atoms with Crippen LogP contribution in [0.25, 0.3) is 16.8 Å². The molecule has 0 fully saturated rings. The SMILES string of the molecule is COc1cc(C)c2cc(C(=O)c3ccc(/C=C(\C)C(=O)O)cc3)ccc2c1C. The second kappa shape index (κ2) is 7.69. The first-order chi connectivity index (χ1) is 13.3. The molecular weight excluding hydrogens is 352 g/mol. The Morgan fingerprint density at radius 3 is 2.18 bits per heavy atom. The van der Waals surface area contributed by atoms with Crippen molar-refractivity contribution in [2.75, 3.05) is 7.11 Å². The molecule has 0 aliphatic heterocycles. The minimum atomic E-state index is -0.960. The zero-order valence-electron chi connectivity index (χ0n) is 16.4. The second-order valence-electron chi connectivity index (χ2n) is 6.86. The molecule has 0 aliphatic rings. The molecule has 0 saturated heterocycles. The van der Waals surface area contributed by atoms with Gasteiger partial charge in [0.25, 0.3) is 0 Å². The van der Waals surface area contributed by atoms with Gasteiger partial charge in [-0.15, -0.1) is 0 Å². The maximum atomic E-state index is 12.9. The van der Waals surface area contributed by atoms with E-state index in [1.54, 1.807) is 37.5 Å². The van der Waals surface area contributed by atoms with Crippen LogP contribution in [0.15, 0.2) is 54.1 Å². The van der Waals surface area contributed by atoms with Crippen LogP contribution in [-0.2, 0) is 4.79 Å². The highest BCUT2D eigenvalue weighted by molar-refractivity contribution is 6.11. The monoisotopic (exact) mass is 374 g/mol. The van der Waals surface area contributed by atoms with E-state index >= 15 is 0 Å². The van der Waals surface area contributed by atoms with Gasteiger partial charge in [-0.25, -0.2) is 4.79 Å². The third-order valence-corrected chi connectivity index (χ3v) is 4.94. The van der Waals surface area contributed by atoms with Gasteiger partial charge < -0.3 is 9.84 Å². The number of carbonyl (C=O) groups is 2. The van der Waals surface area contributed by atoms with Gasteiger partial charge in [0.1, 0.15) is 5.75 Å². The summed E-state index contributed by atoms with van der Waals surface area (Å²) in [5.74, 6) is -0.191. The lowest BCUT2D eigenvalue weighted by molar-refractivity contribution is -0.132. The van der Waals surface area contributed by atoms with Crippen LogP contribution in [-0.4, -0.2) is 24.0 Å². The molecule has 3 rings (SSSR count). The van der Waals surface area contributed by atoms with Gasteiger partial charge in [-0.1, -0.05) is 36.4 Å². The van der Waals surface area contributed by atoms with E-state index in [1.807, 2.05) is 38.1 Å². The summed E-state index contributed by atoms with van der Waals surface area (Å²) in [5.41, 5.74) is 4.27. The molecule has 28 heavy (non-hydrogen) atoms. The molecule has 142 valence electrons. The third kappa shape index (κ3) is 3.67. The first kappa shape index (κ1) is 19.4. The summed E-state index contributed by atoms with van der Waals surface area (Å²) in [7, 11) is 1.66. The molecule has 0 unspecified atom stereocenters. The molecule has 0 radical (unpaired) electrons. The number of hydrogen-bond donors (Lipinski definition) is 1. The summed E-state index contributed by atoms with van der Waals surface area (Å²) < 4.78 is 5.43. The fourth-order valence-electron chi connectivity index (χ4n) is 3.28. The van der Waals surface area contributed by atoms with E-state index in [4.69, 9.17) is 9.84 Å². The lowest BCUT2D eigenvalue weighted by atomic mass is 9.95. The fraction of sp³-hybridized carbons (Fsp3) is 0.167. The molecule has 0 saturated carbocycles. The Hall–Kier alpha value is -3.40. The molecule has 0 bridgehead atoms. The summed E-state index contributed by atoms with van der Waals surface area (Å²) in [5, 5.41) is 11.1. The summed E-state index contributed by atoms with van der Waals surface area (Å²) in [6.45, 7) is 5.55. The molecule has 1 N–H and O–H groups in total. The number of carboxylic acid groups (broad SMARTS) is 1. The molecule has 3 aromatic carbocycles. The van der Waals surface area contributed by atoms with E-state index in [1.165, 1.54) is 6.92 Å². The van der Waals surface area contributed by atoms with Gasteiger partial charge in [-0.2, -0.15) is 0 Å². The Labute approximate surface area is 164 Å². The predicted octanol–water partition coefficient (Wildman–Crippen LogP) is 5.18. The number of ether oxygens (including phenoxy) is 1. The molecule has 0 atom stereocenters. The van der Waals surface area contributed by atoms with Crippen molar-refractivity contribution in [2.45, 2.75) is 20.8 Å². The van der Waals surface area contributed by atoms with Crippen molar-refractivity contribution in [1.82, 2.24) is 0 Å². The van der Waals surface area contributed by atoms with Gasteiger partial charge in [0, 0.05) is 16.7 Å². The number of fused-ring (bicyclic) bond motifs is 1. The van der Waals surface area contributed by atoms with Gasteiger partial charge in [-0.05, 0) is 66.4 Å². The Kier molecular flexibility index (Phi) is 5.32. The van der Waals surface area contributed by atoms with Crippen molar-refractivity contribution in [3.8, 4) is 5.75 Å². The third-order valence-electron chi connectivity index (χ3n) is 4.94. The number of carboxylic acids is 1. The summed E-state index contributed by atoms with van der Waals surface area (Å²) in [6, 6.07) is 14.6. The van der Waals surface area contributed by atoms with Crippen molar-refractivity contribution in [1.29, 1.82) is 0 Å². The number of benzene rings is 3. The predicted molar refractivity (Wildman–Crippen MR) is 111 cm³/mol. The molecule has 0 aliphatic carbocycles. The minimum absolute atomic E-state index is 0.0692. The maximum absolute atomic E-state index is 12.9. The van der Waals surface area contributed by atoms with E-state index in [2.05, 4.69) is 0 Å². The van der Waals surface area contributed by atoms with Crippen molar-refractivity contribution in [2.24, 2.45) is 0 Å². The largest absolute Gasteiger partial charge is 0.496 e. The van der Waals surface area contributed by atoms with Gasteiger partial charge in [0.15, 0.2) is 5.78 Å². The van der Waals surface area contributed by atoms with Crippen LogP contribution >= 0.6 is 0 Å². The van der Waals surface area contributed by atoms with Crippen LogP contribution in [0.5, 0.6) is 5.75 Å². The minimum Gasteiger partial charge on any atom is -0.496 e. The van der Waals surface area contributed by atoms with Crippen molar-refractivity contribution >= 4 is 28.6 Å². The second-order valence-corrected chi connectivity index (χ2v) is 6.86. The lowest BCUT2D eigenvalue weighted by Crippen LogP contribution is -2.02. The number of aliphatic carboxylic acids is 1. The quantitative estimate of drug-likeness (QED) is 0.493. The lowest BCUT2D eigenvalue weighted by Gasteiger charge is -2.12. The Bertz CT molecular complexity index is 1110. The molecule has 4 heteroatoms. The van der Waals surface area contributed by atoms with Crippen LogP contribution in [0, 0.1) is 13.8 Å². The van der Waals surface area contributed by atoms with E-state index in [9.17, 15) is 9.59 Å². The number of aryl methyl sites for hydroxylation is 2. The van der Waals surface area contributed by atoms with Gasteiger partial charge in [0.2, 0.25) is 0 Å². The van der Waals surface area contributed by atoms with Crippen molar-refractivity contribution in [3.63, 3.8) is 0 Å². The first-order valence-corrected chi connectivity index (χ1v) is 8.96. The molecule has 0 spiro atoms. The molecule has 0 amide bonds. The summed E-state index contributed by atoms with van der Waals surface area (Å²) in [6.07, 6.45) is 1.58. The number of ketones is 1. The standard InChI is InChI=1S/C24H22O4/c1-14-12-22(28-4)16(3)20-10-9-19(13-21(14)20)23(25)18-7-5-17(6-8-18)11-15(2)24(26)27/h5-13H,1-4H3,(H,26,27)/b15-11+. The van der Waals surface area contributed by atoms with Gasteiger partial charge in [0.05, 0.1) is 7.11 Å². The van der Waals surface area contributed by atoms with Crippen LogP contribution in [0.2, 0.25) is 0 Å². The van der Waals surface area contributed by atoms with Gasteiger partial charge >= 0.3 is 5.97 Å². The van der Waals surface area contributed by atoms with Crippen LogP contribution in [0.4, 0.5) is 0 Å². The molecule has 0 heterocycles. The fourth-order valence-corrected chi connectivity index (χ4v) is 3.28. The van der Waals surface area contributed by atoms with E-state index in [-0.39, 0.29) is 11.4 Å². The van der Waals surface area contributed by atoms with Crippen LogP contribution in [0.3, 0.4) is 0 Å². The smallest absolute Gasteiger partial charge is 0.331 e. The highest BCUT2D eigenvalue weighted by Gasteiger charge is 2.13. The molecule has 4 nitrogen and oxygen atoms in total. The van der Waals surface area contributed by atoms with E-state index < -0.39 is 5.97 Å². The molecular formula is C24H22O4. The summed E-state index contributed by atoms with van der Waals surface area (Å²) >= 11 is 0.